The minimum atomic E-state index is -0.222. The van der Waals surface area contributed by atoms with E-state index in [1.165, 1.54) is 5.56 Å². The molecule has 1 atom stereocenters. The summed E-state index contributed by atoms with van der Waals surface area (Å²) >= 11 is 0. The molecule has 2 heterocycles. The van der Waals surface area contributed by atoms with E-state index in [4.69, 9.17) is 14.5 Å². The minimum absolute atomic E-state index is 0. The maximum absolute atomic E-state index is 12.5. The zero-order chi connectivity index (χ0) is 21.0. The standard InChI is InChI=1S/C23H36N4O3.HI/c1-2-24-23(25-12-7-17-29-19-11-20-8-4-3-5-9-20)27-15-13-26(14-16-27)22(28)21-10-6-18-30-21;/h3-5,8-9,21H,2,6-7,10-19H2,1H3,(H,24,25);1H. The van der Waals surface area contributed by atoms with Crippen molar-refractivity contribution in [1.82, 2.24) is 15.1 Å². The molecule has 0 aromatic heterocycles. The number of carbonyl (C=O) groups excluding carboxylic acids is 1. The van der Waals surface area contributed by atoms with Gasteiger partial charge >= 0.3 is 0 Å². The number of benzene rings is 1. The minimum Gasteiger partial charge on any atom is -0.381 e. The number of piperazine rings is 1. The Morgan fingerprint density at radius 2 is 1.90 bits per heavy atom. The highest BCUT2D eigenvalue weighted by Crippen LogP contribution is 2.16. The topological polar surface area (TPSA) is 66.4 Å². The molecule has 0 spiro atoms. The fraction of sp³-hybridized carbons (Fsp3) is 0.652. The molecule has 2 fully saturated rings. The highest BCUT2D eigenvalue weighted by molar-refractivity contribution is 14.0. The summed E-state index contributed by atoms with van der Waals surface area (Å²) in [5, 5.41) is 3.38. The van der Waals surface area contributed by atoms with Crippen molar-refractivity contribution in [2.24, 2.45) is 4.99 Å². The number of hydrogen-bond donors (Lipinski definition) is 1. The second kappa shape index (κ2) is 14.6. The molecule has 7 nitrogen and oxygen atoms in total. The number of carbonyl (C=O) groups is 1. The van der Waals surface area contributed by atoms with Gasteiger partial charge in [0, 0.05) is 52.5 Å². The van der Waals surface area contributed by atoms with Crippen LogP contribution in [0.3, 0.4) is 0 Å². The summed E-state index contributed by atoms with van der Waals surface area (Å²) in [4.78, 5) is 21.5. The Morgan fingerprint density at radius 1 is 1.16 bits per heavy atom. The number of nitrogens with one attached hydrogen (secondary N) is 1. The van der Waals surface area contributed by atoms with Crippen LogP contribution in [0.5, 0.6) is 0 Å². The molecule has 1 aromatic carbocycles. The SMILES string of the molecule is CCNC(=NCCCOCCc1ccccc1)N1CCN(C(=O)C2CCCO2)CC1.I. The summed E-state index contributed by atoms with van der Waals surface area (Å²) in [6.07, 6.45) is 3.48. The highest BCUT2D eigenvalue weighted by atomic mass is 127. The first-order valence-electron chi connectivity index (χ1n) is 11.3. The van der Waals surface area contributed by atoms with Gasteiger partial charge in [0.25, 0.3) is 5.91 Å². The molecule has 2 aliphatic rings. The second-order valence-corrected chi connectivity index (χ2v) is 7.75. The van der Waals surface area contributed by atoms with Crippen LogP contribution in [0.25, 0.3) is 0 Å². The highest BCUT2D eigenvalue weighted by Gasteiger charge is 2.30. The van der Waals surface area contributed by atoms with Crippen molar-refractivity contribution in [3.8, 4) is 0 Å². The van der Waals surface area contributed by atoms with Gasteiger partial charge in [0.2, 0.25) is 0 Å². The van der Waals surface area contributed by atoms with Crippen molar-refractivity contribution < 1.29 is 14.3 Å². The largest absolute Gasteiger partial charge is 0.381 e. The summed E-state index contributed by atoms with van der Waals surface area (Å²) in [6.45, 7) is 8.90. The van der Waals surface area contributed by atoms with Crippen LogP contribution in [-0.2, 0) is 20.7 Å². The fourth-order valence-electron chi connectivity index (χ4n) is 3.83. The second-order valence-electron chi connectivity index (χ2n) is 7.75. The summed E-state index contributed by atoms with van der Waals surface area (Å²) < 4.78 is 11.3. The normalized spacial score (nSPS) is 19.3. The lowest BCUT2D eigenvalue weighted by Gasteiger charge is -2.37. The Hall–Kier alpha value is -1.39. The van der Waals surface area contributed by atoms with E-state index >= 15 is 0 Å². The molecule has 2 aliphatic heterocycles. The van der Waals surface area contributed by atoms with Crippen LogP contribution in [0.4, 0.5) is 0 Å². The number of halogens is 1. The van der Waals surface area contributed by atoms with E-state index in [2.05, 4.69) is 41.4 Å². The molecule has 2 saturated heterocycles. The van der Waals surface area contributed by atoms with Crippen molar-refractivity contribution >= 4 is 35.8 Å². The summed E-state index contributed by atoms with van der Waals surface area (Å²) in [7, 11) is 0. The number of nitrogens with zero attached hydrogens (tertiary/aromatic N) is 3. The summed E-state index contributed by atoms with van der Waals surface area (Å²) in [5.41, 5.74) is 1.31. The number of aliphatic imine (C=N–C) groups is 1. The zero-order valence-electron chi connectivity index (χ0n) is 18.6. The predicted octanol–water partition coefficient (Wildman–Crippen LogP) is 2.54. The first kappa shape index (κ1) is 25.9. The molecule has 31 heavy (non-hydrogen) atoms. The number of amides is 1. The average Bonchev–Trinajstić information content (AvgIpc) is 3.33. The maximum atomic E-state index is 12.5. The number of guanidine groups is 1. The van der Waals surface area contributed by atoms with E-state index in [0.717, 1.165) is 84.1 Å². The first-order valence-corrected chi connectivity index (χ1v) is 11.3. The van der Waals surface area contributed by atoms with Crippen LogP contribution in [0.2, 0.25) is 0 Å². The average molecular weight is 544 g/mol. The molecule has 8 heteroatoms. The van der Waals surface area contributed by atoms with Gasteiger partial charge < -0.3 is 24.6 Å². The van der Waals surface area contributed by atoms with E-state index in [1.807, 2.05) is 11.0 Å². The van der Waals surface area contributed by atoms with Crippen LogP contribution in [0.15, 0.2) is 35.3 Å². The first-order chi connectivity index (χ1) is 14.8. The van der Waals surface area contributed by atoms with E-state index in [0.29, 0.717) is 6.61 Å². The lowest BCUT2D eigenvalue weighted by Crippen LogP contribution is -2.55. The van der Waals surface area contributed by atoms with Gasteiger partial charge in [-0.15, -0.1) is 24.0 Å². The van der Waals surface area contributed by atoms with Gasteiger partial charge in [0.1, 0.15) is 6.10 Å². The van der Waals surface area contributed by atoms with E-state index in [1.54, 1.807) is 0 Å². The molecule has 3 rings (SSSR count). The Kier molecular flexibility index (Phi) is 12.2. The number of rotatable bonds is 9. The Balaban J connectivity index is 0.00000341. The van der Waals surface area contributed by atoms with Crippen molar-refractivity contribution in [3.05, 3.63) is 35.9 Å². The molecule has 174 valence electrons. The van der Waals surface area contributed by atoms with E-state index in [-0.39, 0.29) is 36.0 Å². The van der Waals surface area contributed by atoms with Gasteiger partial charge in [-0.25, -0.2) is 0 Å². The molecule has 1 amide bonds. The van der Waals surface area contributed by atoms with Crippen LogP contribution in [-0.4, -0.2) is 86.9 Å². The molecule has 1 aromatic rings. The molecule has 0 bridgehead atoms. The van der Waals surface area contributed by atoms with Crippen LogP contribution in [0, 0.1) is 0 Å². The predicted molar refractivity (Wildman–Crippen MR) is 134 cm³/mol. The zero-order valence-corrected chi connectivity index (χ0v) is 21.0. The van der Waals surface area contributed by atoms with Gasteiger partial charge in [-0.2, -0.15) is 0 Å². The molecule has 1 unspecified atom stereocenters. The van der Waals surface area contributed by atoms with Crippen LogP contribution >= 0.6 is 24.0 Å². The van der Waals surface area contributed by atoms with E-state index in [9.17, 15) is 4.79 Å². The fourth-order valence-corrected chi connectivity index (χ4v) is 3.83. The van der Waals surface area contributed by atoms with Crippen molar-refractivity contribution in [2.75, 3.05) is 59.1 Å². The van der Waals surface area contributed by atoms with Gasteiger partial charge in [-0.05, 0) is 38.2 Å². The Bertz CT molecular complexity index is 660. The van der Waals surface area contributed by atoms with Gasteiger partial charge in [-0.3, -0.25) is 9.79 Å². The maximum Gasteiger partial charge on any atom is 0.251 e. The van der Waals surface area contributed by atoms with E-state index < -0.39 is 0 Å². The monoisotopic (exact) mass is 544 g/mol. The molecular weight excluding hydrogens is 507 g/mol. The number of hydrogen-bond acceptors (Lipinski definition) is 4. The summed E-state index contributed by atoms with van der Waals surface area (Å²) in [5.74, 6) is 1.09. The van der Waals surface area contributed by atoms with Crippen molar-refractivity contribution in [2.45, 2.75) is 38.7 Å². The van der Waals surface area contributed by atoms with Gasteiger partial charge in [0.15, 0.2) is 5.96 Å². The Morgan fingerprint density at radius 3 is 2.58 bits per heavy atom. The summed E-state index contributed by atoms with van der Waals surface area (Å²) in [6, 6.07) is 10.4. The third kappa shape index (κ3) is 8.57. The third-order valence-corrected chi connectivity index (χ3v) is 5.52. The van der Waals surface area contributed by atoms with Crippen LogP contribution in [0.1, 0.15) is 31.7 Å². The number of ether oxygens (including phenoxy) is 2. The molecular formula is C23H37IN4O3. The molecule has 1 N–H and O–H groups in total. The lowest BCUT2D eigenvalue weighted by molar-refractivity contribution is -0.142. The molecule has 0 saturated carbocycles. The van der Waals surface area contributed by atoms with Gasteiger partial charge in [-0.1, -0.05) is 30.3 Å². The Labute approximate surface area is 203 Å². The quantitative estimate of drug-likeness (QED) is 0.224. The third-order valence-electron chi connectivity index (χ3n) is 5.52. The van der Waals surface area contributed by atoms with Crippen molar-refractivity contribution in [3.63, 3.8) is 0 Å². The molecule has 0 aliphatic carbocycles. The van der Waals surface area contributed by atoms with Crippen molar-refractivity contribution in [1.29, 1.82) is 0 Å². The molecule has 0 radical (unpaired) electrons. The van der Waals surface area contributed by atoms with Gasteiger partial charge in [0.05, 0.1) is 6.61 Å². The smallest absolute Gasteiger partial charge is 0.251 e. The lowest BCUT2D eigenvalue weighted by atomic mass is 10.2. The van der Waals surface area contributed by atoms with Crippen LogP contribution < -0.4 is 5.32 Å².